The van der Waals surface area contributed by atoms with Gasteiger partial charge in [-0.15, -0.1) is 0 Å². The van der Waals surface area contributed by atoms with Crippen molar-refractivity contribution in [2.24, 2.45) is 0 Å². The average molecular weight is 521 g/mol. The molecule has 0 bridgehead atoms. The van der Waals surface area contributed by atoms with E-state index in [2.05, 4.69) is 36.2 Å². The number of nitrogens with zero attached hydrogens (tertiary/aromatic N) is 1. The average Bonchev–Trinajstić information content (AvgIpc) is 2.93. The Hall–Kier alpha value is -3.41. The molecule has 0 radical (unpaired) electrons. The van der Waals surface area contributed by atoms with Gasteiger partial charge in [-0.05, 0) is 62.6 Å². The number of amides is 1. The molecule has 2 N–H and O–H groups in total. The van der Waals surface area contributed by atoms with E-state index >= 15 is 0 Å². The zero-order chi connectivity index (χ0) is 27.6. The third-order valence-electron chi connectivity index (χ3n) is 6.73. The summed E-state index contributed by atoms with van der Waals surface area (Å²) >= 11 is 0. The van der Waals surface area contributed by atoms with Crippen molar-refractivity contribution in [2.75, 3.05) is 24.5 Å². The maximum absolute atomic E-state index is 12.6. The quantitative estimate of drug-likeness (QED) is 0.117. The number of carbonyl (C=O) groups is 3. The highest BCUT2D eigenvalue weighted by atomic mass is 16.4. The molecule has 0 aliphatic rings. The van der Waals surface area contributed by atoms with Crippen molar-refractivity contribution in [2.45, 2.75) is 78.1 Å². The zero-order valence-corrected chi connectivity index (χ0v) is 23.1. The number of ketones is 1. The summed E-state index contributed by atoms with van der Waals surface area (Å²) in [5, 5.41) is 11.6. The van der Waals surface area contributed by atoms with Gasteiger partial charge in [-0.25, -0.2) is 0 Å². The fourth-order valence-corrected chi connectivity index (χ4v) is 4.38. The van der Waals surface area contributed by atoms with Crippen molar-refractivity contribution in [1.29, 1.82) is 0 Å². The molecular weight excluding hydrogens is 476 g/mol. The third kappa shape index (κ3) is 11.8. The molecular formula is C32H44N2O4. The molecule has 0 spiro atoms. The summed E-state index contributed by atoms with van der Waals surface area (Å²) in [6.07, 6.45) is 13.2. The first-order chi connectivity index (χ1) is 18.4. The van der Waals surface area contributed by atoms with E-state index in [1.807, 2.05) is 18.2 Å². The SMILES string of the molecule is CCN(CC)c1ccc(/C=C/C(=O)c2ccc(C(=O)NCCCCCCCCCCCC(=O)O)cc2)cc1. The smallest absolute Gasteiger partial charge is 0.303 e. The van der Waals surface area contributed by atoms with Crippen molar-refractivity contribution >= 4 is 29.4 Å². The number of hydrogen-bond acceptors (Lipinski definition) is 4. The van der Waals surface area contributed by atoms with Crippen molar-refractivity contribution < 1.29 is 19.5 Å². The van der Waals surface area contributed by atoms with E-state index in [0.29, 0.717) is 17.7 Å². The van der Waals surface area contributed by atoms with E-state index in [1.165, 1.54) is 18.5 Å². The predicted octanol–water partition coefficient (Wildman–Crippen LogP) is 7.14. The Kier molecular flexibility index (Phi) is 14.5. The molecule has 0 heterocycles. The molecule has 0 aliphatic carbocycles. The number of rotatable bonds is 19. The fraction of sp³-hybridized carbons (Fsp3) is 0.469. The Morgan fingerprint density at radius 3 is 1.82 bits per heavy atom. The van der Waals surface area contributed by atoms with Crippen LogP contribution in [0.2, 0.25) is 0 Å². The van der Waals surface area contributed by atoms with Crippen molar-refractivity contribution in [3.8, 4) is 0 Å². The van der Waals surface area contributed by atoms with Gasteiger partial charge in [0.05, 0.1) is 0 Å². The Balaban J connectivity index is 1.64. The topological polar surface area (TPSA) is 86.7 Å². The molecule has 0 atom stereocenters. The minimum atomic E-state index is -0.708. The first-order valence-electron chi connectivity index (χ1n) is 14.1. The summed E-state index contributed by atoms with van der Waals surface area (Å²) in [5.74, 6) is -0.917. The molecule has 0 saturated carbocycles. The molecule has 206 valence electrons. The highest BCUT2D eigenvalue weighted by Gasteiger charge is 2.07. The monoisotopic (exact) mass is 520 g/mol. The Labute approximate surface area is 228 Å². The van der Waals surface area contributed by atoms with Crippen LogP contribution < -0.4 is 10.2 Å². The van der Waals surface area contributed by atoms with Gasteiger partial charge in [-0.1, -0.05) is 75.3 Å². The molecule has 2 aromatic carbocycles. The number of anilines is 1. The summed E-state index contributed by atoms with van der Waals surface area (Å²) < 4.78 is 0. The number of carboxylic acids is 1. The van der Waals surface area contributed by atoms with Crippen LogP contribution in [0.3, 0.4) is 0 Å². The summed E-state index contributed by atoms with van der Waals surface area (Å²) in [7, 11) is 0. The summed E-state index contributed by atoms with van der Waals surface area (Å²) in [6.45, 7) is 6.82. The number of carbonyl (C=O) groups excluding carboxylic acids is 2. The molecule has 6 heteroatoms. The minimum absolute atomic E-state index is 0.0926. The third-order valence-corrected chi connectivity index (χ3v) is 6.73. The Morgan fingerprint density at radius 1 is 0.737 bits per heavy atom. The molecule has 0 aromatic heterocycles. The fourth-order valence-electron chi connectivity index (χ4n) is 4.38. The zero-order valence-electron chi connectivity index (χ0n) is 23.1. The van der Waals surface area contributed by atoms with Crippen LogP contribution in [0.1, 0.15) is 104 Å². The number of benzene rings is 2. The Bertz CT molecular complexity index is 1010. The van der Waals surface area contributed by atoms with Crippen LogP contribution in [0.4, 0.5) is 5.69 Å². The maximum Gasteiger partial charge on any atom is 0.303 e. The van der Waals surface area contributed by atoms with Crippen LogP contribution >= 0.6 is 0 Å². The number of hydrogen-bond donors (Lipinski definition) is 2. The van der Waals surface area contributed by atoms with E-state index in [-0.39, 0.29) is 18.1 Å². The van der Waals surface area contributed by atoms with Crippen molar-refractivity contribution in [3.05, 3.63) is 71.3 Å². The van der Waals surface area contributed by atoms with Gasteiger partial charge in [0.1, 0.15) is 0 Å². The van der Waals surface area contributed by atoms with E-state index in [9.17, 15) is 14.4 Å². The number of aliphatic carboxylic acids is 1. The molecule has 2 rings (SSSR count). The molecule has 2 aromatic rings. The largest absolute Gasteiger partial charge is 0.481 e. The molecule has 0 aliphatic heterocycles. The van der Waals surface area contributed by atoms with Crippen LogP contribution in [-0.4, -0.2) is 42.4 Å². The lowest BCUT2D eigenvalue weighted by Gasteiger charge is -2.20. The highest BCUT2D eigenvalue weighted by molar-refractivity contribution is 6.07. The van der Waals surface area contributed by atoms with Crippen molar-refractivity contribution in [1.82, 2.24) is 5.32 Å². The van der Waals surface area contributed by atoms with Crippen LogP contribution in [-0.2, 0) is 4.79 Å². The summed E-state index contributed by atoms with van der Waals surface area (Å²) in [6, 6.07) is 15.0. The second-order valence-electron chi connectivity index (χ2n) is 9.62. The number of nitrogens with one attached hydrogen (secondary N) is 1. The standard InChI is InChI=1S/C32H44N2O4/c1-3-34(4-2)29-22-15-26(16-23-29)17-24-30(35)27-18-20-28(21-19-27)32(38)33-25-13-11-9-7-5-6-8-10-12-14-31(36)37/h15-24H,3-14,25H2,1-2H3,(H,33,38)(H,36,37)/b24-17+. The molecule has 0 fully saturated rings. The lowest BCUT2D eigenvalue weighted by atomic mass is 10.1. The summed E-state index contributed by atoms with van der Waals surface area (Å²) in [5.41, 5.74) is 3.25. The lowest BCUT2D eigenvalue weighted by molar-refractivity contribution is -0.137. The van der Waals surface area contributed by atoms with Crippen molar-refractivity contribution in [3.63, 3.8) is 0 Å². The van der Waals surface area contributed by atoms with E-state index in [1.54, 1.807) is 30.3 Å². The normalized spacial score (nSPS) is 11.0. The number of carboxylic acid groups (broad SMARTS) is 1. The first kappa shape index (κ1) is 30.8. The van der Waals surface area contributed by atoms with Crippen LogP contribution in [0, 0.1) is 0 Å². The highest BCUT2D eigenvalue weighted by Crippen LogP contribution is 2.16. The first-order valence-corrected chi connectivity index (χ1v) is 14.1. The molecule has 6 nitrogen and oxygen atoms in total. The Morgan fingerprint density at radius 2 is 1.26 bits per heavy atom. The van der Waals surface area contributed by atoms with Crippen LogP contribution in [0.25, 0.3) is 6.08 Å². The second-order valence-corrected chi connectivity index (χ2v) is 9.62. The molecule has 0 saturated heterocycles. The van der Waals surface area contributed by atoms with E-state index < -0.39 is 5.97 Å². The van der Waals surface area contributed by atoms with Gasteiger partial charge in [0.15, 0.2) is 5.78 Å². The van der Waals surface area contributed by atoms with E-state index in [4.69, 9.17) is 5.11 Å². The predicted molar refractivity (Wildman–Crippen MR) is 156 cm³/mol. The summed E-state index contributed by atoms with van der Waals surface area (Å²) in [4.78, 5) is 37.7. The van der Waals surface area contributed by atoms with Gasteiger partial charge in [-0.3, -0.25) is 14.4 Å². The van der Waals surface area contributed by atoms with Gasteiger partial charge in [-0.2, -0.15) is 0 Å². The lowest BCUT2D eigenvalue weighted by Crippen LogP contribution is -2.24. The maximum atomic E-state index is 12.6. The second kappa shape index (κ2) is 17.9. The molecule has 1 amide bonds. The van der Waals surface area contributed by atoms with Gasteiger partial charge in [0, 0.05) is 42.9 Å². The van der Waals surface area contributed by atoms with Gasteiger partial charge < -0.3 is 15.3 Å². The molecule has 38 heavy (non-hydrogen) atoms. The van der Waals surface area contributed by atoms with Crippen LogP contribution in [0.15, 0.2) is 54.6 Å². The number of allylic oxidation sites excluding steroid dienone is 1. The molecule has 0 unspecified atom stereocenters. The number of unbranched alkanes of at least 4 members (excludes halogenated alkanes) is 8. The van der Waals surface area contributed by atoms with Gasteiger partial charge >= 0.3 is 5.97 Å². The minimum Gasteiger partial charge on any atom is -0.481 e. The van der Waals surface area contributed by atoms with Crippen LogP contribution in [0.5, 0.6) is 0 Å². The van der Waals surface area contributed by atoms with E-state index in [0.717, 1.165) is 63.6 Å². The van der Waals surface area contributed by atoms with Gasteiger partial charge in [0.2, 0.25) is 0 Å². The van der Waals surface area contributed by atoms with Gasteiger partial charge in [0.25, 0.3) is 5.91 Å².